The van der Waals surface area contributed by atoms with Crippen LogP contribution in [0.1, 0.15) is 0 Å². The van der Waals surface area contributed by atoms with Crippen LogP contribution in [0.25, 0.3) is 71.3 Å². The van der Waals surface area contributed by atoms with E-state index in [0.717, 1.165) is 33.4 Å². The van der Waals surface area contributed by atoms with Crippen molar-refractivity contribution in [1.29, 1.82) is 0 Å². The van der Waals surface area contributed by atoms with Crippen molar-refractivity contribution in [3.05, 3.63) is 170 Å². The van der Waals surface area contributed by atoms with Gasteiger partial charge in [0.05, 0.1) is 27.5 Å². The van der Waals surface area contributed by atoms with E-state index >= 15 is 0 Å². The second-order valence-corrected chi connectivity index (χ2v) is 14.3. The maximum Gasteiger partial charge on any atom is 0.269 e. The Morgan fingerprint density at radius 1 is 0.408 bits per heavy atom. The Morgan fingerprint density at radius 2 is 0.959 bits per heavy atom. The highest BCUT2D eigenvalue weighted by atomic mass is 32.2. The number of aromatic nitrogens is 1. The molecule has 232 valence electrons. The third-order valence-electron chi connectivity index (χ3n) is 9.88. The molecule has 10 rings (SSSR count). The molecule has 2 heterocycles. The van der Waals surface area contributed by atoms with Crippen LogP contribution in [-0.2, 0) is 10.0 Å². The summed E-state index contributed by atoms with van der Waals surface area (Å²) in [5, 5.41) is 8.32. The average Bonchev–Trinajstić information content (AvgIpc) is 3.50. The highest BCUT2D eigenvalue weighted by molar-refractivity contribution is 7.93. The van der Waals surface area contributed by atoms with Crippen molar-refractivity contribution in [2.24, 2.45) is 0 Å². The van der Waals surface area contributed by atoms with Crippen molar-refractivity contribution < 1.29 is 8.42 Å². The molecule has 9 aromatic rings. The van der Waals surface area contributed by atoms with Crippen molar-refractivity contribution in [2.75, 3.05) is 4.31 Å². The number of para-hydroxylation sites is 2. The molecule has 0 aliphatic carbocycles. The monoisotopic (exact) mass is 648 g/mol. The zero-order chi connectivity index (χ0) is 32.7. The largest absolute Gasteiger partial charge is 0.307 e. The lowest BCUT2D eigenvalue weighted by atomic mass is 9.92. The van der Waals surface area contributed by atoms with Gasteiger partial charge in [-0.2, -0.15) is 0 Å². The van der Waals surface area contributed by atoms with E-state index in [-0.39, 0.29) is 0 Å². The molecular formula is C44H28N2O2S. The summed E-state index contributed by atoms with van der Waals surface area (Å²) in [5.74, 6) is 0. The molecule has 1 aromatic heterocycles. The van der Waals surface area contributed by atoms with Crippen LogP contribution < -0.4 is 4.31 Å². The first kappa shape index (κ1) is 27.9. The van der Waals surface area contributed by atoms with Gasteiger partial charge in [-0.05, 0) is 85.9 Å². The number of anilines is 2. The van der Waals surface area contributed by atoms with E-state index in [1.807, 2.05) is 60.7 Å². The SMILES string of the molecule is O=S1(=O)c2ccccc2-c2c(c3ccccc3n2-c2cccc(-c3ccc4c5ccccc5c5ccccc5c4c3)c2)N1c1ccccc1. The minimum Gasteiger partial charge on any atom is -0.307 e. The van der Waals surface area contributed by atoms with E-state index < -0.39 is 10.0 Å². The van der Waals surface area contributed by atoms with Gasteiger partial charge in [0.25, 0.3) is 10.0 Å². The van der Waals surface area contributed by atoms with Gasteiger partial charge in [0.1, 0.15) is 0 Å². The molecule has 0 saturated carbocycles. The van der Waals surface area contributed by atoms with Crippen molar-refractivity contribution in [1.82, 2.24) is 4.57 Å². The molecule has 0 unspecified atom stereocenters. The summed E-state index contributed by atoms with van der Waals surface area (Å²) in [6, 6.07) is 57.4. The van der Waals surface area contributed by atoms with Gasteiger partial charge in [-0.1, -0.05) is 127 Å². The third-order valence-corrected chi connectivity index (χ3v) is 11.7. The van der Waals surface area contributed by atoms with E-state index in [1.54, 1.807) is 12.1 Å². The second-order valence-electron chi connectivity index (χ2n) is 12.6. The number of hydrogen-bond donors (Lipinski definition) is 0. The molecule has 0 spiro atoms. The number of benzene rings is 8. The standard InChI is InChI=1S/C44H28N2O2S/c47-49(48)42-24-11-9-22-39(42)43-44(46(49)31-14-2-1-3-15-31)38-21-8-10-23-41(38)45(43)32-16-12-13-29(27-32)30-25-26-37-35-19-5-4-17-33(35)34-18-6-7-20-36(34)40(37)28-30/h1-28H. The van der Waals surface area contributed by atoms with E-state index in [9.17, 15) is 8.42 Å². The lowest BCUT2D eigenvalue weighted by Gasteiger charge is -2.31. The quantitative estimate of drug-likeness (QED) is 0.179. The zero-order valence-electron chi connectivity index (χ0n) is 26.3. The van der Waals surface area contributed by atoms with Crippen LogP contribution in [0.5, 0.6) is 0 Å². The fourth-order valence-electron chi connectivity index (χ4n) is 7.79. The summed E-state index contributed by atoms with van der Waals surface area (Å²) < 4.78 is 32.5. The Hall–Kier alpha value is -6.17. The minimum atomic E-state index is -3.90. The third kappa shape index (κ3) is 4.00. The minimum absolute atomic E-state index is 0.292. The van der Waals surface area contributed by atoms with Gasteiger partial charge in [0.15, 0.2) is 0 Å². The topological polar surface area (TPSA) is 42.3 Å². The molecule has 0 N–H and O–H groups in total. The smallest absolute Gasteiger partial charge is 0.269 e. The molecule has 0 bridgehead atoms. The molecular weight excluding hydrogens is 621 g/mol. The summed E-state index contributed by atoms with van der Waals surface area (Å²) in [5.41, 5.74) is 6.91. The lowest BCUT2D eigenvalue weighted by Crippen LogP contribution is -2.30. The summed E-state index contributed by atoms with van der Waals surface area (Å²) in [6.07, 6.45) is 0. The van der Waals surface area contributed by atoms with Gasteiger partial charge in [-0.15, -0.1) is 0 Å². The van der Waals surface area contributed by atoms with E-state index in [2.05, 4.69) is 102 Å². The maximum atomic E-state index is 14.4. The number of sulfonamides is 1. The normalized spacial score (nSPS) is 13.6. The van der Waals surface area contributed by atoms with Crippen molar-refractivity contribution >= 4 is 64.6 Å². The molecule has 0 saturated heterocycles. The van der Waals surface area contributed by atoms with Crippen LogP contribution in [0, 0.1) is 0 Å². The number of rotatable bonds is 3. The highest BCUT2D eigenvalue weighted by Crippen LogP contribution is 2.52. The Balaban J connectivity index is 1.24. The van der Waals surface area contributed by atoms with E-state index in [0.29, 0.717) is 21.8 Å². The van der Waals surface area contributed by atoms with Crippen LogP contribution in [0.4, 0.5) is 11.4 Å². The molecule has 1 aliphatic heterocycles. The molecule has 8 aromatic carbocycles. The predicted molar refractivity (Wildman–Crippen MR) is 202 cm³/mol. The lowest BCUT2D eigenvalue weighted by molar-refractivity contribution is 0.595. The van der Waals surface area contributed by atoms with Crippen LogP contribution in [0.15, 0.2) is 175 Å². The van der Waals surface area contributed by atoms with Gasteiger partial charge < -0.3 is 4.57 Å². The van der Waals surface area contributed by atoms with Gasteiger partial charge in [-0.3, -0.25) is 0 Å². The Labute approximate surface area is 283 Å². The summed E-state index contributed by atoms with van der Waals surface area (Å²) in [7, 11) is -3.90. The van der Waals surface area contributed by atoms with Crippen LogP contribution in [-0.4, -0.2) is 13.0 Å². The fourth-order valence-corrected chi connectivity index (χ4v) is 9.51. The summed E-state index contributed by atoms with van der Waals surface area (Å²) in [6.45, 7) is 0. The van der Waals surface area contributed by atoms with Crippen molar-refractivity contribution in [3.8, 4) is 28.1 Å². The Kier molecular flexibility index (Phi) is 5.93. The van der Waals surface area contributed by atoms with E-state index in [4.69, 9.17) is 0 Å². The van der Waals surface area contributed by atoms with Crippen LogP contribution in [0.2, 0.25) is 0 Å². The fraction of sp³-hybridized carbons (Fsp3) is 0. The van der Waals surface area contributed by atoms with E-state index in [1.165, 1.54) is 36.6 Å². The Bertz CT molecular complexity index is 2870. The first-order chi connectivity index (χ1) is 24.1. The van der Waals surface area contributed by atoms with Crippen LogP contribution >= 0.6 is 0 Å². The first-order valence-electron chi connectivity index (χ1n) is 16.4. The molecule has 4 nitrogen and oxygen atoms in total. The average molecular weight is 649 g/mol. The van der Waals surface area contributed by atoms with Crippen LogP contribution in [0.3, 0.4) is 0 Å². The summed E-state index contributed by atoms with van der Waals surface area (Å²) in [4.78, 5) is 0.292. The van der Waals surface area contributed by atoms with Crippen molar-refractivity contribution in [3.63, 3.8) is 0 Å². The predicted octanol–water partition coefficient (Wildman–Crippen LogP) is 11.3. The molecule has 5 heteroatoms. The molecule has 0 radical (unpaired) electrons. The number of nitrogens with zero attached hydrogens (tertiary/aromatic N) is 2. The highest BCUT2D eigenvalue weighted by Gasteiger charge is 2.40. The molecule has 0 atom stereocenters. The molecule has 49 heavy (non-hydrogen) atoms. The maximum absolute atomic E-state index is 14.4. The molecule has 0 amide bonds. The molecule has 1 aliphatic rings. The molecule has 0 fully saturated rings. The summed E-state index contributed by atoms with van der Waals surface area (Å²) >= 11 is 0. The first-order valence-corrected chi connectivity index (χ1v) is 17.8. The van der Waals surface area contributed by atoms with Gasteiger partial charge in [-0.25, -0.2) is 12.7 Å². The van der Waals surface area contributed by atoms with Gasteiger partial charge in [0.2, 0.25) is 0 Å². The van der Waals surface area contributed by atoms with Gasteiger partial charge >= 0.3 is 0 Å². The Morgan fingerprint density at radius 3 is 1.69 bits per heavy atom. The van der Waals surface area contributed by atoms with Gasteiger partial charge in [0, 0.05) is 16.6 Å². The zero-order valence-corrected chi connectivity index (χ0v) is 27.1. The van der Waals surface area contributed by atoms with Crippen molar-refractivity contribution in [2.45, 2.75) is 4.90 Å². The second kappa shape index (κ2) is 10.4. The number of hydrogen-bond acceptors (Lipinski definition) is 2. The number of fused-ring (bicyclic) bond motifs is 11.